The Hall–Kier alpha value is -0.770. The topological polar surface area (TPSA) is 49.5 Å². The van der Waals surface area contributed by atoms with Crippen molar-refractivity contribution in [2.24, 2.45) is 5.73 Å². The molecule has 0 aliphatic carbocycles. The highest BCUT2D eigenvalue weighted by molar-refractivity contribution is 6.33. The molecule has 0 fully saturated rings. The Bertz CT molecular complexity index is 317. The molecular formula is C11H17ClN2O. The van der Waals surface area contributed by atoms with Crippen LogP contribution in [-0.4, -0.2) is 24.8 Å². The van der Waals surface area contributed by atoms with Gasteiger partial charge in [-0.05, 0) is 24.6 Å². The van der Waals surface area contributed by atoms with Crippen molar-refractivity contribution in [1.82, 2.24) is 0 Å². The van der Waals surface area contributed by atoms with Gasteiger partial charge < -0.3 is 15.7 Å². The molecule has 1 rings (SSSR count). The smallest absolute Gasteiger partial charge is 0.0642 e. The lowest BCUT2D eigenvalue weighted by Crippen LogP contribution is -2.26. The van der Waals surface area contributed by atoms with E-state index in [4.69, 9.17) is 22.4 Å². The van der Waals surface area contributed by atoms with E-state index < -0.39 is 0 Å². The van der Waals surface area contributed by atoms with Gasteiger partial charge >= 0.3 is 0 Å². The molecule has 0 atom stereocenters. The second-order valence-corrected chi connectivity index (χ2v) is 3.70. The summed E-state index contributed by atoms with van der Waals surface area (Å²) in [5, 5.41) is 9.60. The molecule has 0 aliphatic rings. The lowest BCUT2D eigenvalue weighted by molar-refractivity contribution is 0.302. The predicted octanol–water partition coefficient (Wildman–Crippen LogP) is 1.62. The molecule has 0 heterocycles. The lowest BCUT2D eigenvalue weighted by Gasteiger charge is -2.23. The van der Waals surface area contributed by atoms with Crippen LogP contribution in [0.4, 0.5) is 5.69 Å². The first kappa shape index (κ1) is 12.3. The van der Waals surface area contributed by atoms with Crippen LogP contribution in [0.5, 0.6) is 0 Å². The summed E-state index contributed by atoms with van der Waals surface area (Å²) >= 11 is 6.14. The number of rotatable bonds is 5. The number of nitrogens with zero attached hydrogens (tertiary/aromatic N) is 1. The Morgan fingerprint density at radius 1 is 1.47 bits per heavy atom. The van der Waals surface area contributed by atoms with E-state index in [0.717, 1.165) is 17.8 Å². The third-order valence-corrected chi connectivity index (χ3v) is 2.64. The quantitative estimate of drug-likeness (QED) is 0.805. The maximum absolute atomic E-state index is 8.92. The van der Waals surface area contributed by atoms with Gasteiger partial charge in [-0.2, -0.15) is 0 Å². The molecule has 0 unspecified atom stereocenters. The molecule has 0 saturated heterocycles. The van der Waals surface area contributed by atoms with Crippen LogP contribution in [0.2, 0.25) is 5.02 Å². The van der Waals surface area contributed by atoms with Gasteiger partial charge in [0.15, 0.2) is 0 Å². The number of hydrogen-bond acceptors (Lipinski definition) is 3. The van der Waals surface area contributed by atoms with Crippen molar-refractivity contribution < 1.29 is 5.11 Å². The summed E-state index contributed by atoms with van der Waals surface area (Å²) in [6.45, 7) is 4.07. The number of halogens is 1. The molecule has 1 aromatic carbocycles. The first-order valence-corrected chi connectivity index (χ1v) is 5.45. The van der Waals surface area contributed by atoms with Gasteiger partial charge in [0.1, 0.15) is 0 Å². The van der Waals surface area contributed by atoms with E-state index in [0.29, 0.717) is 18.1 Å². The minimum absolute atomic E-state index is 0.128. The van der Waals surface area contributed by atoms with Crippen LogP contribution in [0.3, 0.4) is 0 Å². The van der Waals surface area contributed by atoms with Gasteiger partial charge in [-0.25, -0.2) is 0 Å². The number of aliphatic hydroxyl groups excluding tert-OH is 1. The van der Waals surface area contributed by atoms with Gasteiger partial charge in [0, 0.05) is 19.6 Å². The summed E-state index contributed by atoms with van der Waals surface area (Å²) in [7, 11) is 0. The van der Waals surface area contributed by atoms with Crippen LogP contribution in [0, 0.1) is 0 Å². The van der Waals surface area contributed by atoms with E-state index in [-0.39, 0.29) is 6.61 Å². The molecule has 15 heavy (non-hydrogen) atoms. The summed E-state index contributed by atoms with van der Waals surface area (Å²) in [6, 6.07) is 5.78. The van der Waals surface area contributed by atoms with Crippen molar-refractivity contribution in [2.45, 2.75) is 13.5 Å². The van der Waals surface area contributed by atoms with Gasteiger partial charge in [0.05, 0.1) is 17.3 Å². The van der Waals surface area contributed by atoms with E-state index in [2.05, 4.69) is 0 Å². The first-order chi connectivity index (χ1) is 7.22. The standard InChI is InChI=1S/C11H17ClN2O/c1-2-14(5-6-15)11-4-3-9(8-13)7-10(11)12/h3-4,7,15H,2,5-6,8,13H2,1H3. The highest BCUT2D eigenvalue weighted by atomic mass is 35.5. The summed E-state index contributed by atoms with van der Waals surface area (Å²) < 4.78 is 0. The van der Waals surface area contributed by atoms with Gasteiger partial charge in [-0.15, -0.1) is 0 Å². The highest BCUT2D eigenvalue weighted by Crippen LogP contribution is 2.26. The van der Waals surface area contributed by atoms with Crippen LogP contribution < -0.4 is 10.6 Å². The number of aliphatic hydroxyl groups is 1. The number of hydrogen-bond donors (Lipinski definition) is 2. The zero-order valence-electron chi connectivity index (χ0n) is 8.91. The Morgan fingerprint density at radius 2 is 2.20 bits per heavy atom. The molecule has 0 amide bonds. The van der Waals surface area contributed by atoms with Crippen LogP contribution in [0.25, 0.3) is 0 Å². The second kappa shape index (κ2) is 5.95. The molecule has 0 saturated carbocycles. The second-order valence-electron chi connectivity index (χ2n) is 3.29. The predicted molar refractivity (Wildman–Crippen MR) is 64.3 cm³/mol. The molecule has 0 bridgehead atoms. The summed E-state index contributed by atoms with van der Waals surface area (Å²) in [5.41, 5.74) is 7.49. The maximum Gasteiger partial charge on any atom is 0.0642 e. The van der Waals surface area contributed by atoms with Crippen LogP contribution in [-0.2, 0) is 6.54 Å². The van der Waals surface area contributed by atoms with E-state index >= 15 is 0 Å². The summed E-state index contributed by atoms with van der Waals surface area (Å²) in [5.74, 6) is 0. The molecule has 0 spiro atoms. The van der Waals surface area contributed by atoms with E-state index in [9.17, 15) is 0 Å². The number of nitrogens with two attached hydrogens (primary N) is 1. The Kier molecular flexibility index (Phi) is 4.88. The Balaban J connectivity index is 2.92. The fourth-order valence-corrected chi connectivity index (χ4v) is 1.83. The van der Waals surface area contributed by atoms with Gasteiger partial charge in [0.2, 0.25) is 0 Å². The zero-order valence-corrected chi connectivity index (χ0v) is 9.67. The summed E-state index contributed by atoms with van der Waals surface area (Å²) in [4.78, 5) is 2.03. The number of benzene rings is 1. The molecule has 0 aliphatic heterocycles. The molecule has 0 radical (unpaired) electrons. The third-order valence-electron chi connectivity index (χ3n) is 2.34. The molecule has 0 aromatic heterocycles. The fraction of sp³-hybridized carbons (Fsp3) is 0.455. The van der Waals surface area contributed by atoms with Crippen molar-refractivity contribution in [3.63, 3.8) is 0 Å². The van der Waals surface area contributed by atoms with Gasteiger partial charge in [0.25, 0.3) is 0 Å². The van der Waals surface area contributed by atoms with Crippen LogP contribution >= 0.6 is 11.6 Å². The molecule has 4 heteroatoms. The molecule has 1 aromatic rings. The number of likely N-dealkylation sites (N-methyl/N-ethyl adjacent to an activating group) is 1. The summed E-state index contributed by atoms with van der Waals surface area (Å²) in [6.07, 6.45) is 0. The Morgan fingerprint density at radius 3 is 2.67 bits per heavy atom. The average molecular weight is 229 g/mol. The SMILES string of the molecule is CCN(CCO)c1ccc(CN)cc1Cl. The Labute approximate surface area is 95.5 Å². The zero-order chi connectivity index (χ0) is 11.3. The fourth-order valence-electron chi connectivity index (χ4n) is 1.50. The minimum Gasteiger partial charge on any atom is -0.395 e. The van der Waals surface area contributed by atoms with Crippen molar-refractivity contribution in [3.8, 4) is 0 Å². The number of anilines is 1. The van der Waals surface area contributed by atoms with Crippen molar-refractivity contribution in [2.75, 3.05) is 24.6 Å². The first-order valence-electron chi connectivity index (χ1n) is 5.07. The monoisotopic (exact) mass is 228 g/mol. The highest BCUT2D eigenvalue weighted by Gasteiger charge is 2.08. The van der Waals surface area contributed by atoms with E-state index in [1.54, 1.807) is 0 Å². The normalized spacial score (nSPS) is 10.4. The maximum atomic E-state index is 8.92. The van der Waals surface area contributed by atoms with Gasteiger partial charge in [-0.1, -0.05) is 17.7 Å². The van der Waals surface area contributed by atoms with Crippen molar-refractivity contribution in [1.29, 1.82) is 0 Å². The third kappa shape index (κ3) is 3.09. The molecule has 3 N–H and O–H groups in total. The average Bonchev–Trinajstić information content (AvgIpc) is 2.26. The lowest BCUT2D eigenvalue weighted by atomic mass is 10.2. The van der Waals surface area contributed by atoms with Crippen molar-refractivity contribution >= 4 is 17.3 Å². The largest absolute Gasteiger partial charge is 0.395 e. The minimum atomic E-state index is 0.128. The van der Waals surface area contributed by atoms with Crippen LogP contribution in [0.1, 0.15) is 12.5 Å². The molecule has 3 nitrogen and oxygen atoms in total. The van der Waals surface area contributed by atoms with Gasteiger partial charge in [-0.3, -0.25) is 0 Å². The van der Waals surface area contributed by atoms with Crippen molar-refractivity contribution in [3.05, 3.63) is 28.8 Å². The molecule has 84 valence electrons. The van der Waals surface area contributed by atoms with E-state index in [1.165, 1.54) is 0 Å². The van der Waals surface area contributed by atoms with E-state index in [1.807, 2.05) is 30.0 Å². The molecular weight excluding hydrogens is 212 g/mol. The van der Waals surface area contributed by atoms with Crippen LogP contribution in [0.15, 0.2) is 18.2 Å².